The lowest BCUT2D eigenvalue weighted by Crippen LogP contribution is -2.56. The second-order valence-electron chi connectivity index (χ2n) is 6.49. The first kappa shape index (κ1) is 15.0. The maximum atomic E-state index is 10.3. The standard InChI is InChI=1S/C16H27N3O2/c1-2-3-5-15-17-10-13(18-15)11-19-8-6-14(20)16(12-19)7-4-9-21-16/h10,14,20H,2-9,11-12H2,1H3,(H,17,18)/t14-,16-/m0/s1. The highest BCUT2D eigenvalue weighted by molar-refractivity contribution is 5.04. The molecule has 118 valence electrons. The molecule has 0 radical (unpaired) electrons. The highest BCUT2D eigenvalue weighted by atomic mass is 16.5. The van der Waals surface area contributed by atoms with Gasteiger partial charge in [-0.2, -0.15) is 0 Å². The number of hydrogen-bond donors (Lipinski definition) is 2. The topological polar surface area (TPSA) is 61.4 Å². The Morgan fingerprint density at radius 1 is 1.57 bits per heavy atom. The molecule has 2 atom stereocenters. The van der Waals surface area contributed by atoms with E-state index in [1.165, 1.54) is 18.5 Å². The lowest BCUT2D eigenvalue weighted by atomic mass is 9.87. The van der Waals surface area contributed by atoms with Gasteiger partial charge in [-0.15, -0.1) is 0 Å². The second-order valence-corrected chi connectivity index (χ2v) is 6.49. The molecule has 2 aliphatic rings. The number of aromatic nitrogens is 2. The van der Waals surface area contributed by atoms with E-state index in [9.17, 15) is 5.11 Å². The normalized spacial score (nSPS) is 30.3. The number of nitrogens with zero attached hydrogens (tertiary/aromatic N) is 2. The molecule has 1 aromatic rings. The van der Waals surface area contributed by atoms with Gasteiger partial charge in [-0.05, 0) is 25.7 Å². The van der Waals surface area contributed by atoms with Gasteiger partial charge in [0.05, 0.1) is 6.10 Å². The summed E-state index contributed by atoms with van der Waals surface area (Å²) in [6.07, 6.45) is 7.90. The lowest BCUT2D eigenvalue weighted by Gasteiger charge is -2.43. The predicted molar refractivity (Wildman–Crippen MR) is 81.0 cm³/mol. The number of likely N-dealkylation sites (tertiary alicyclic amines) is 1. The number of H-pyrrole nitrogens is 1. The fraction of sp³-hybridized carbons (Fsp3) is 0.812. The lowest BCUT2D eigenvalue weighted by molar-refractivity contribution is -0.132. The maximum absolute atomic E-state index is 10.3. The van der Waals surface area contributed by atoms with Crippen molar-refractivity contribution >= 4 is 0 Å². The number of piperidine rings is 1. The van der Waals surface area contributed by atoms with Crippen LogP contribution in [0.25, 0.3) is 0 Å². The van der Waals surface area contributed by atoms with Crippen LogP contribution in [0.2, 0.25) is 0 Å². The molecular formula is C16H27N3O2. The zero-order valence-electron chi connectivity index (χ0n) is 13.0. The second kappa shape index (κ2) is 6.46. The largest absolute Gasteiger partial charge is 0.390 e. The molecular weight excluding hydrogens is 266 g/mol. The van der Waals surface area contributed by atoms with E-state index >= 15 is 0 Å². The molecule has 5 heteroatoms. The van der Waals surface area contributed by atoms with Crippen LogP contribution in [0.15, 0.2) is 6.20 Å². The van der Waals surface area contributed by atoms with Crippen LogP contribution in [0.5, 0.6) is 0 Å². The molecule has 3 heterocycles. The molecule has 2 N–H and O–H groups in total. The van der Waals surface area contributed by atoms with Crippen molar-refractivity contribution in [3.8, 4) is 0 Å². The summed E-state index contributed by atoms with van der Waals surface area (Å²) < 4.78 is 5.90. The van der Waals surface area contributed by atoms with Crippen molar-refractivity contribution in [1.82, 2.24) is 14.9 Å². The molecule has 0 aliphatic carbocycles. The Balaban J connectivity index is 1.58. The molecule has 3 rings (SSSR count). The molecule has 2 fully saturated rings. The molecule has 21 heavy (non-hydrogen) atoms. The number of aliphatic hydroxyl groups is 1. The van der Waals surface area contributed by atoms with Crippen LogP contribution < -0.4 is 0 Å². The average Bonchev–Trinajstić information content (AvgIpc) is 3.11. The van der Waals surface area contributed by atoms with Gasteiger partial charge in [0.25, 0.3) is 0 Å². The van der Waals surface area contributed by atoms with Crippen LogP contribution in [0, 0.1) is 0 Å². The van der Waals surface area contributed by atoms with Gasteiger partial charge in [0.1, 0.15) is 11.4 Å². The third-order valence-electron chi connectivity index (χ3n) is 4.79. The summed E-state index contributed by atoms with van der Waals surface area (Å²) in [5.41, 5.74) is 0.856. The van der Waals surface area contributed by atoms with Crippen LogP contribution in [-0.2, 0) is 17.7 Å². The number of unbranched alkanes of at least 4 members (excludes halogenated alkanes) is 1. The Kier molecular flexibility index (Phi) is 4.62. The van der Waals surface area contributed by atoms with E-state index in [0.29, 0.717) is 0 Å². The SMILES string of the molecule is CCCCc1ncc(CN2CC[C@H](O)[C@]3(CCCO3)C2)[nH]1. The third-order valence-corrected chi connectivity index (χ3v) is 4.79. The number of imidazole rings is 1. The van der Waals surface area contributed by atoms with Crippen molar-refractivity contribution in [3.05, 3.63) is 17.7 Å². The van der Waals surface area contributed by atoms with Crippen LogP contribution in [0.1, 0.15) is 50.5 Å². The summed E-state index contributed by atoms with van der Waals surface area (Å²) in [5, 5.41) is 10.3. The molecule has 2 saturated heterocycles. The van der Waals surface area contributed by atoms with Gasteiger partial charge in [0, 0.05) is 44.6 Å². The Hall–Kier alpha value is -0.910. The third kappa shape index (κ3) is 3.30. The quantitative estimate of drug-likeness (QED) is 0.870. The van der Waals surface area contributed by atoms with Crippen LogP contribution in [0.3, 0.4) is 0 Å². The van der Waals surface area contributed by atoms with E-state index in [0.717, 1.165) is 57.7 Å². The van der Waals surface area contributed by atoms with E-state index in [2.05, 4.69) is 21.8 Å². The highest BCUT2D eigenvalue weighted by Crippen LogP contribution is 2.35. The van der Waals surface area contributed by atoms with E-state index in [4.69, 9.17) is 4.74 Å². The first-order valence-electron chi connectivity index (χ1n) is 8.29. The van der Waals surface area contributed by atoms with E-state index in [-0.39, 0.29) is 11.7 Å². The number of hydrogen-bond acceptors (Lipinski definition) is 4. The molecule has 0 amide bonds. The predicted octanol–water partition coefficient (Wildman–Crippen LogP) is 1.87. The Labute approximate surface area is 126 Å². The maximum Gasteiger partial charge on any atom is 0.107 e. The van der Waals surface area contributed by atoms with Gasteiger partial charge in [-0.1, -0.05) is 13.3 Å². The van der Waals surface area contributed by atoms with Crippen LogP contribution in [0.4, 0.5) is 0 Å². The fourth-order valence-corrected chi connectivity index (χ4v) is 3.57. The van der Waals surface area contributed by atoms with Crippen molar-refractivity contribution in [2.24, 2.45) is 0 Å². The molecule has 0 bridgehead atoms. The molecule has 2 aliphatic heterocycles. The van der Waals surface area contributed by atoms with Crippen molar-refractivity contribution in [1.29, 1.82) is 0 Å². The highest BCUT2D eigenvalue weighted by Gasteiger charge is 2.45. The summed E-state index contributed by atoms with van der Waals surface area (Å²) in [4.78, 5) is 10.3. The van der Waals surface area contributed by atoms with Gasteiger partial charge in [0.15, 0.2) is 0 Å². The first-order chi connectivity index (χ1) is 10.2. The first-order valence-corrected chi connectivity index (χ1v) is 8.29. The van der Waals surface area contributed by atoms with Crippen LogP contribution >= 0.6 is 0 Å². The number of aliphatic hydroxyl groups excluding tert-OH is 1. The molecule has 1 aromatic heterocycles. The Morgan fingerprint density at radius 2 is 2.48 bits per heavy atom. The summed E-state index contributed by atoms with van der Waals surface area (Å²) in [5.74, 6) is 1.09. The Morgan fingerprint density at radius 3 is 3.24 bits per heavy atom. The summed E-state index contributed by atoms with van der Waals surface area (Å²) in [6.45, 7) is 5.62. The van der Waals surface area contributed by atoms with E-state index < -0.39 is 0 Å². The average molecular weight is 293 g/mol. The van der Waals surface area contributed by atoms with Crippen molar-refractivity contribution in [3.63, 3.8) is 0 Å². The zero-order valence-corrected chi connectivity index (χ0v) is 13.0. The van der Waals surface area contributed by atoms with Crippen molar-refractivity contribution in [2.75, 3.05) is 19.7 Å². The van der Waals surface area contributed by atoms with Gasteiger partial charge in [-0.25, -0.2) is 4.98 Å². The van der Waals surface area contributed by atoms with Gasteiger partial charge in [0.2, 0.25) is 0 Å². The fourth-order valence-electron chi connectivity index (χ4n) is 3.57. The number of nitrogens with one attached hydrogen (secondary N) is 1. The molecule has 1 spiro atoms. The summed E-state index contributed by atoms with van der Waals surface area (Å²) in [7, 11) is 0. The minimum atomic E-state index is -0.316. The molecule has 5 nitrogen and oxygen atoms in total. The monoisotopic (exact) mass is 293 g/mol. The summed E-state index contributed by atoms with van der Waals surface area (Å²) >= 11 is 0. The van der Waals surface area contributed by atoms with E-state index in [1.54, 1.807) is 0 Å². The van der Waals surface area contributed by atoms with Gasteiger partial charge >= 0.3 is 0 Å². The molecule has 0 aromatic carbocycles. The van der Waals surface area contributed by atoms with Crippen molar-refractivity contribution in [2.45, 2.75) is 63.7 Å². The number of aromatic amines is 1. The van der Waals surface area contributed by atoms with Crippen LogP contribution in [-0.4, -0.2) is 51.4 Å². The van der Waals surface area contributed by atoms with Crippen molar-refractivity contribution < 1.29 is 9.84 Å². The smallest absolute Gasteiger partial charge is 0.107 e. The number of aryl methyl sites for hydroxylation is 1. The molecule has 0 saturated carbocycles. The minimum absolute atomic E-state index is 0.307. The summed E-state index contributed by atoms with van der Waals surface area (Å²) in [6, 6.07) is 0. The minimum Gasteiger partial charge on any atom is -0.390 e. The number of ether oxygens (including phenoxy) is 1. The number of rotatable bonds is 5. The molecule has 0 unspecified atom stereocenters. The van der Waals surface area contributed by atoms with Gasteiger partial charge in [-0.3, -0.25) is 4.90 Å². The van der Waals surface area contributed by atoms with Gasteiger partial charge < -0.3 is 14.8 Å². The zero-order chi connectivity index (χ0) is 14.7. The van der Waals surface area contributed by atoms with E-state index in [1.807, 2.05) is 6.20 Å². The Bertz CT molecular complexity index is 454.